The number of carbonyl (C=O) groups is 1. The average Bonchev–Trinajstić information content (AvgIpc) is 3.22. The molecule has 0 radical (unpaired) electrons. The molecule has 0 saturated carbocycles. The number of aromatic nitrogens is 2. The molecule has 0 aliphatic heterocycles. The molecule has 0 bridgehead atoms. The zero-order valence-electron chi connectivity index (χ0n) is 14.7. The van der Waals surface area contributed by atoms with Crippen molar-refractivity contribution in [3.63, 3.8) is 0 Å². The smallest absolute Gasteiger partial charge is 0.411 e. The Hall–Kier alpha value is -2.11. The lowest BCUT2D eigenvalue weighted by atomic mass is 10.1. The molecule has 2 aromatic heterocycles. The summed E-state index contributed by atoms with van der Waals surface area (Å²) in [6.07, 6.45) is -4.39. The van der Waals surface area contributed by atoms with Crippen molar-refractivity contribution >= 4 is 40.0 Å². The normalized spacial score (nSPS) is 11.9. The Kier molecular flexibility index (Phi) is 6.57. The molecule has 3 rings (SSSR count). The second kappa shape index (κ2) is 8.93. The topological polar surface area (TPSA) is 77.2 Å². The third-order valence-electron chi connectivity index (χ3n) is 3.55. The minimum absolute atomic E-state index is 0.0614. The van der Waals surface area contributed by atoms with Crippen LogP contribution in [0.15, 0.2) is 33.0 Å². The van der Waals surface area contributed by atoms with Gasteiger partial charge in [-0.3, -0.25) is 4.79 Å². The van der Waals surface area contributed by atoms with Gasteiger partial charge in [-0.2, -0.15) is 13.2 Å². The van der Waals surface area contributed by atoms with Crippen LogP contribution in [0.3, 0.4) is 0 Å². The molecule has 0 fully saturated rings. The van der Waals surface area contributed by atoms with Crippen LogP contribution in [0.1, 0.15) is 21.1 Å². The molecular formula is C17H16F3N3O3S2. The van der Waals surface area contributed by atoms with Gasteiger partial charge in [0, 0.05) is 23.2 Å². The van der Waals surface area contributed by atoms with Crippen molar-refractivity contribution in [3.8, 4) is 0 Å². The molecule has 28 heavy (non-hydrogen) atoms. The van der Waals surface area contributed by atoms with Crippen LogP contribution in [0, 0.1) is 6.92 Å². The highest BCUT2D eigenvalue weighted by atomic mass is 32.2. The summed E-state index contributed by atoms with van der Waals surface area (Å²) >= 11 is 2.89. The molecule has 3 aromatic rings. The van der Waals surface area contributed by atoms with Crippen LogP contribution >= 0.6 is 23.1 Å². The Balaban J connectivity index is 1.68. The maximum Gasteiger partial charge on any atom is 0.411 e. The van der Waals surface area contributed by atoms with Gasteiger partial charge in [0.25, 0.3) is 5.91 Å². The first-order valence-corrected chi connectivity index (χ1v) is 10.00. The molecule has 6 nitrogen and oxygen atoms in total. The number of aryl methyl sites for hydroxylation is 1. The number of para-hydroxylation sites is 1. The summed E-state index contributed by atoms with van der Waals surface area (Å²) in [4.78, 5) is 12.5. The number of carbonyl (C=O) groups excluding carboxylic acids is 1. The molecule has 1 amide bonds. The van der Waals surface area contributed by atoms with Gasteiger partial charge in [-0.25, -0.2) is 0 Å². The number of rotatable bonds is 8. The highest BCUT2D eigenvalue weighted by molar-refractivity contribution is 8.00. The van der Waals surface area contributed by atoms with Crippen molar-refractivity contribution in [2.45, 2.75) is 23.2 Å². The van der Waals surface area contributed by atoms with E-state index in [1.807, 2.05) is 19.1 Å². The van der Waals surface area contributed by atoms with Crippen molar-refractivity contribution < 1.29 is 27.1 Å². The zero-order chi connectivity index (χ0) is 20.1. The number of thioether (sulfide) groups is 1. The Labute approximate surface area is 166 Å². The van der Waals surface area contributed by atoms with E-state index in [-0.39, 0.29) is 18.9 Å². The Bertz CT molecular complexity index is 956. The molecule has 11 heteroatoms. The van der Waals surface area contributed by atoms with Crippen LogP contribution in [0.2, 0.25) is 0 Å². The standard InChI is InChI=1S/C17H16F3N3O3S2/c1-10-22-23-16(28-10)27-8-12-11-4-2-3-5-13(11)26-14(12)15(24)21-6-7-25-9-17(18,19)20/h2-5H,6-9H2,1H3,(H,21,24). The fraction of sp³-hybridized carbons (Fsp3) is 0.353. The second-order valence-electron chi connectivity index (χ2n) is 5.71. The van der Waals surface area contributed by atoms with E-state index in [1.54, 1.807) is 12.1 Å². The summed E-state index contributed by atoms with van der Waals surface area (Å²) in [5.74, 6) is 0.0699. The SMILES string of the molecule is Cc1nnc(SCc2c(C(=O)NCCOCC(F)(F)F)oc3ccccc23)s1. The fourth-order valence-corrected chi connectivity index (χ4v) is 4.24. The minimum Gasteiger partial charge on any atom is -0.451 e. The summed E-state index contributed by atoms with van der Waals surface area (Å²) < 4.78 is 47.1. The predicted octanol–water partition coefficient (Wildman–Crippen LogP) is 4.19. The number of benzene rings is 1. The first-order chi connectivity index (χ1) is 13.3. The van der Waals surface area contributed by atoms with Crippen LogP contribution in [0.4, 0.5) is 13.2 Å². The number of fused-ring (bicyclic) bond motifs is 1. The molecule has 0 aliphatic rings. The summed E-state index contributed by atoms with van der Waals surface area (Å²) in [6, 6.07) is 7.24. The number of nitrogens with zero attached hydrogens (tertiary/aromatic N) is 2. The Morgan fingerprint density at radius 3 is 2.82 bits per heavy atom. The van der Waals surface area contributed by atoms with Gasteiger partial charge >= 0.3 is 6.18 Å². The van der Waals surface area contributed by atoms with E-state index in [0.29, 0.717) is 16.9 Å². The molecular weight excluding hydrogens is 415 g/mol. The first-order valence-electron chi connectivity index (χ1n) is 8.19. The quantitative estimate of drug-likeness (QED) is 0.426. The average molecular weight is 431 g/mol. The van der Waals surface area contributed by atoms with Gasteiger partial charge in [-0.1, -0.05) is 41.3 Å². The van der Waals surface area contributed by atoms with E-state index < -0.39 is 18.7 Å². The van der Waals surface area contributed by atoms with Gasteiger partial charge in [0.2, 0.25) is 0 Å². The Morgan fingerprint density at radius 2 is 2.11 bits per heavy atom. The minimum atomic E-state index is -4.39. The first kappa shape index (κ1) is 20.6. The highest BCUT2D eigenvalue weighted by Gasteiger charge is 2.27. The summed E-state index contributed by atoms with van der Waals surface area (Å²) in [5, 5.41) is 12.2. The number of alkyl halides is 3. The van der Waals surface area contributed by atoms with Gasteiger partial charge in [0.05, 0.1) is 6.61 Å². The number of nitrogens with one attached hydrogen (secondary N) is 1. The molecule has 1 N–H and O–H groups in total. The van der Waals surface area contributed by atoms with Gasteiger partial charge in [-0.15, -0.1) is 10.2 Å². The number of ether oxygens (including phenoxy) is 1. The van der Waals surface area contributed by atoms with Crippen LogP contribution in [0.25, 0.3) is 11.0 Å². The Morgan fingerprint density at radius 1 is 1.32 bits per heavy atom. The van der Waals surface area contributed by atoms with E-state index in [4.69, 9.17) is 4.42 Å². The maximum absolute atomic E-state index is 12.5. The lowest BCUT2D eigenvalue weighted by Crippen LogP contribution is -2.29. The predicted molar refractivity (Wildman–Crippen MR) is 99.6 cm³/mol. The van der Waals surface area contributed by atoms with E-state index in [9.17, 15) is 18.0 Å². The van der Waals surface area contributed by atoms with Crippen LogP contribution in [0.5, 0.6) is 0 Å². The van der Waals surface area contributed by atoms with E-state index in [1.165, 1.54) is 23.1 Å². The number of hydrogen-bond donors (Lipinski definition) is 1. The largest absolute Gasteiger partial charge is 0.451 e. The van der Waals surface area contributed by atoms with Gasteiger partial charge in [0.15, 0.2) is 10.1 Å². The highest BCUT2D eigenvalue weighted by Crippen LogP contribution is 2.33. The molecule has 0 unspecified atom stereocenters. The molecule has 0 spiro atoms. The van der Waals surface area contributed by atoms with E-state index in [2.05, 4.69) is 20.3 Å². The van der Waals surface area contributed by atoms with Gasteiger partial charge in [0.1, 0.15) is 17.2 Å². The lowest BCUT2D eigenvalue weighted by molar-refractivity contribution is -0.173. The summed E-state index contributed by atoms with van der Waals surface area (Å²) in [6.45, 7) is 0.194. The zero-order valence-corrected chi connectivity index (χ0v) is 16.3. The second-order valence-corrected chi connectivity index (χ2v) is 8.11. The number of halogens is 3. The molecule has 0 atom stereocenters. The molecule has 2 heterocycles. The van der Waals surface area contributed by atoms with Crippen molar-refractivity contribution in [1.29, 1.82) is 0 Å². The lowest BCUT2D eigenvalue weighted by Gasteiger charge is -2.08. The third kappa shape index (κ3) is 5.46. The summed E-state index contributed by atoms with van der Waals surface area (Å²) in [5.41, 5.74) is 1.26. The van der Waals surface area contributed by atoms with Crippen LogP contribution < -0.4 is 5.32 Å². The van der Waals surface area contributed by atoms with E-state index in [0.717, 1.165) is 14.7 Å². The molecule has 0 aliphatic carbocycles. The van der Waals surface area contributed by atoms with Crippen molar-refractivity contribution in [2.75, 3.05) is 19.8 Å². The molecule has 1 aromatic carbocycles. The number of hydrogen-bond acceptors (Lipinski definition) is 7. The molecule has 0 saturated heterocycles. The van der Waals surface area contributed by atoms with Gasteiger partial charge < -0.3 is 14.5 Å². The maximum atomic E-state index is 12.5. The van der Waals surface area contributed by atoms with Crippen molar-refractivity contribution in [2.24, 2.45) is 0 Å². The van der Waals surface area contributed by atoms with Crippen LogP contribution in [-0.2, 0) is 10.5 Å². The van der Waals surface area contributed by atoms with Crippen molar-refractivity contribution in [1.82, 2.24) is 15.5 Å². The monoisotopic (exact) mass is 431 g/mol. The third-order valence-corrected chi connectivity index (χ3v) is 5.55. The fourth-order valence-electron chi connectivity index (χ4n) is 2.40. The van der Waals surface area contributed by atoms with Gasteiger partial charge in [-0.05, 0) is 13.0 Å². The number of amides is 1. The van der Waals surface area contributed by atoms with Crippen molar-refractivity contribution in [3.05, 3.63) is 40.6 Å². The van der Waals surface area contributed by atoms with Crippen LogP contribution in [-0.4, -0.2) is 42.0 Å². The summed E-state index contributed by atoms with van der Waals surface area (Å²) in [7, 11) is 0. The molecule has 150 valence electrons. The van der Waals surface area contributed by atoms with E-state index >= 15 is 0 Å². The number of furan rings is 1.